The van der Waals surface area contributed by atoms with Crippen molar-refractivity contribution >= 4 is 23.2 Å². The van der Waals surface area contributed by atoms with Crippen LogP contribution in [0.2, 0.25) is 0 Å². The van der Waals surface area contributed by atoms with E-state index in [4.69, 9.17) is 0 Å². The Balaban J connectivity index is 2.36. The normalized spacial score (nSPS) is 13.2. The monoisotopic (exact) mass is 284 g/mol. The van der Waals surface area contributed by atoms with Crippen molar-refractivity contribution in [1.29, 1.82) is 0 Å². The van der Waals surface area contributed by atoms with Crippen molar-refractivity contribution in [1.82, 2.24) is 0 Å². The molecule has 1 aliphatic rings. The van der Waals surface area contributed by atoms with Gasteiger partial charge >= 0.3 is 5.91 Å². The molecule has 2 amide bonds. The molecular formula is C17H20N2O2. The van der Waals surface area contributed by atoms with Gasteiger partial charge in [-0.05, 0) is 43.4 Å². The zero-order valence-corrected chi connectivity index (χ0v) is 12.7. The third-order valence-electron chi connectivity index (χ3n) is 3.51. The summed E-state index contributed by atoms with van der Waals surface area (Å²) in [6.45, 7) is 6.04. The Morgan fingerprint density at radius 3 is 2.76 bits per heavy atom. The molecule has 110 valence electrons. The molecule has 0 saturated carbocycles. The van der Waals surface area contributed by atoms with Crippen LogP contribution in [-0.4, -0.2) is 18.4 Å². The van der Waals surface area contributed by atoms with E-state index in [9.17, 15) is 9.59 Å². The van der Waals surface area contributed by atoms with Crippen LogP contribution < -0.4 is 10.2 Å². The number of rotatable bonds is 2. The zero-order valence-electron chi connectivity index (χ0n) is 12.7. The predicted molar refractivity (Wildman–Crippen MR) is 84.0 cm³/mol. The SMILES string of the molecule is CC#CC(=O)N1CCCc2c(NC(=O)C(C)C)cccc21. The van der Waals surface area contributed by atoms with Gasteiger partial charge in [0.05, 0.1) is 0 Å². The number of carbonyl (C=O) groups is 2. The average Bonchev–Trinajstić information content (AvgIpc) is 2.47. The van der Waals surface area contributed by atoms with Gasteiger partial charge in [-0.25, -0.2) is 0 Å². The molecule has 0 aromatic heterocycles. The van der Waals surface area contributed by atoms with Crippen molar-refractivity contribution in [3.63, 3.8) is 0 Å². The largest absolute Gasteiger partial charge is 0.326 e. The van der Waals surface area contributed by atoms with Crippen LogP contribution in [0.3, 0.4) is 0 Å². The van der Waals surface area contributed by atoms with Crippen molar-refractivity contribution in [2.75, 3.05) is 16.8 Å². The van der Waals surface area contributed by atoms with Gasteiger partial charge in [-0.3, -0.25) is 9.59 Å². The molecule has 1 aromatic rings. The fourth-order valence-corrected chi connectivity index (χ4v) is 2.40. The van der Waals surface area contributed by atoms with Crippen LogP contribution in [0.15, 0.2) is 18.2 Å². The molecule has 1 aliphatic heterocycles. The number of anilines is 2. The first-order valence-corrected chi connectivity index (χ1v) is 7.21. The molecule has 4 heteroatoms. The van der Waals surface area contributed by atoms with Gasteiger partial charge in [0.25, 0.3) is 0 Å². The van der Waals surface area contributed by atoms with E-state index in [1.165, 1.54) is 0 Å². The van der Waals surface area contributed by atoms with E-state index in [1.54, 1.807) is 11.8 Å². The second-order valence-corrected chi connectivity index (χ2v) is 5.38. The molecule has 4 nitrogen and oxygen atoms in total. The molecule has 1 aromatic carbocycles. The number of amides is 2. The fourth-order valence-electron chi connectivity index (χ4n) is 2.40. The first-order chi connectivity index (χ1) is 10.0. The number of nitrogens with zero attached hydrogens (tertiary/aromatic N) is 1. The van der Waals surface area contributed by atoms with Crippen LogP contribution in [0.25, 0.3) is 0 Å². The van der Waals surface area contributed by atoms with Crippen molar-refractivity contribution in [3.05, 3.63) is 23.8 Å². The van der Waals surface area contributed by atoms with Gasteiger partial charge in [-0.1, -0.05) is 25.8 Å². The smallest absolute Gasteiger partial charge is 0.302 e. The Morgan fingerprint density at radius 2 is 2.10 bits per heavy atom. The van der Waals surface area contributed by atoms with E-state index in [1.807, 2.05) is 32.0 Å². The maximum atomic E-state index is 12.1. The number of hydrogen-bond donors (Lipinski definition) is 1. The lowest BCUT2D eigenvalue weighted by atomic mass is 9.99. The van der Waals surface area contributed by atoms with E-state index < -0.39 is 0 Å². The molecular weight excluding hydrogens is 264 g/mol. The van der Waals surface area contributed by atoms with Crippen LogP contribution >= 0.6 is 0 Å². The molecule has 1 N–H and O–H groups in total. The Hall–Kier alpha value is -2.28. The molecule has 0 bridgehead atoms. The van der Waals surface area contributed by atoms with E-state index in [-0.39, 0.29) is 17.7 Å². The third-order valence-corrected chi connectivity index (χ3v) is 3.51. The topological polar surface area (TPSA) is 49.4 Å². The Kier molecular flexibility index (Phi) is 4.64. The highest BCUT2D eigenvalue weighted by Gasteiger charge is 2.24. The van der Waals surface area contributed by atoms with Crippen LogP contribution in [0.1, 0.15) is 32.8 Å². The highest BCUT2D eigenvalue weighted by molar-refractivity contribution is 6.07. The van der Waals surface area contributed by atoms with Crippen molar-refractivity contribution in [3.8, 4) is 11.8 Å². The van der Waals surface area contributed by atoms with E-state index in [2.05, 4.69) is 17.2 Å². The van der Waals surface area contributed by atoms with Gasteiger partial charge in [0, 0.05) is 23.8 Å². The standard InChI is InChI=1S/C17H20N2O2/c1-4-7-16(20)19-11-6-8-13-14(9-5-10-15(13)19)18-17(21)12(2)3/h5,9-10,12H,6,8,11H2,1-3H3,(H,18,21). The summed E-state index contributed by atoms with van der Waals surface area (Å²) in [4.78, 5) is 25.7. The molecule has 0 radical (unpaired) electrons. The van der Waals surface area contributed by atoms with Crippen LogP contribution in [0.5, 0.6) is 0 Å². The summed E-state index contributed by atoms with van der Waals surface area (Å²) in [6.07, 6.45) is 1.73. The van der Waals surface area contributed by atoms with Gasteiger partial charge in [-0.2, -0.15) is 0 Å². The quantitative estimate of drug-likeness (QED) is 0.849. The lowest BCUT2D eigenvalue weighted by molar-refractivity contribution is -0.119. The van der Waals surface area contributed by atoms with Crippen molar-refractivity contribution in [2.45, 2.75) is 33.6 Å². The molecule has 0 unspecified atom stereocenters. The summed E-state index contributed by atoms with van der Waals surface area (Å²) in [6, 6.07) is 5.66. The number of fused-ring (bicyclic) bond motifs is 1. The summed E-state index contributed by atoms with van der Waals surface area (Å²) >= 11 is 0. The van der Waals surface area contributed by atoms with Gasteiger partial charge in [-0.15, -0.1) is 0 Å². The minimum absolute atomic E-state index is 0.0137. The van der Waals surface area contributed by atoms with Gasteiger partial charge in [0.1, 0.15) is 0 Å². The van der Waals surface area contributed by atoms with Crippen molar-refractivity contribution in [2.24, 2.45) is 5.92 Å². The summed E-state index contributed by atoms with van der Waals surface area (Å²) in [7, 11) is 0. The summed E-state index contributed by atoms with van der Waals surface area (Å²) in [5.41, 5.74) is 2.67. The Labute approximate surface area is 125 Å². The molecule has 0 spiro atoms. The first-order valence-electron chi connectivity index (χ1n) is 7.21. The maximum absolute atomic E-state index is 12.1. The van der Waals surface area contributed by atoms with E-state index >= 15 is 0 Å². The molecule has 0 aliphatic carbocycles. The third kappa shape index (κ3) is 3.25. The maximum Gasteiger partial charge on any atom is 0.302 e. The summed E-state index contributed by atoms with van der Waals surface area (Å²) in [5, 5.41) is 2.95. The lowest BCUT2D eigenvalue weighted by Crippen LogP contribution is -2.35. The minimum Gasteiger partial charge on any atom is -0.326 e. The second-order valence-electron chi connectivity index (χ2n) is 5.38. The molecule has 2 rings (SSSR count). The second kappa shape index (κ2) is 6.45. The van der Waals surface area contributed by atoms with Crippen LogP contribution in [0, 0.1) is 17.8 Å². The van der Waals surface area contributed by atoms with E-state index in [0.29, 0.717) is 6.54 Å². The van der Waals surface area contributed by atoms with Crippen molar-refractivity contribution < 1.29 is 9.59 Å². The number of benzene rings is 1. The molecule has 0 fully saturated rings. The zero-order chi connectivity index (χ0) is 15.4. The summed E-state index contributed by atoms with van der Waals surface area (Å²) in [5.74, 6) is 4.95. The average molecular weight is 284 g/mol. The number of carbonyl (C=O) groups excluding carboxylic acids is 2. The Bertz CT molecular complexity index is 623. The first kappa shape index (κ1) is 15.1. The predicted octanol–water partition coefficient (Wildman–Crippen LogP) is 2.58. The molecule has 0 saturated heterocycles. The molecule has 0 atom stereocenters. The minimum atomic E-state index is -0.189. The van der Waals surface area contributed by atoms with Crippen LogP contribution in [-0.2, 0) is 16.0 Å². The lowest BCUT2D eigenvalue weighted by Gasteiger charge is -2.29. The van der Waals surface area contributed by atoms with Gasteiger partial charge < -0.3 is 10.2 Å². The molecule has 21 heavy (non-hydrogen) atoms. The van der Waals surface area contributed by atoms with E-state index in [0.717, 1.165) is 29.8 Å². The van der Waals surface area contributed by atoms with Gasteiger partial charge in [0.2, 0.25) is 5.91 Å². The fraction of sp³-hybridized carbons (Fsp3) is 0.412. The number of nitrogens with one attached hydrogen (secondary N) is 1. The van der Waals surface area contributed by atoms with Gasteiger partial charge in [0.15, 0.2) is 0 Å². The van der Waals surface area contributed by atoms with Crippen LogP contribution in [0.4, 0.5) is 11.4 Å². The number of hydrogen-bond acceptors (Lipinski definition) is 2. The summed E-state index contributed by atoms with van der Waals surface area (Å²) < 4.78 is 0. The highest BCUT2D eigenvalue weighted by Crippen LogP contribution is 2.33. The Morgan fingerprint density at radius 1 is 1.33 bits per heavy atom. The highest BCUT2D eigenvalue weighted by atomic mass is 16.2. The molecule has 1 heterocycles.